The zero-order valence-corrected chi connectivity index (χ0v) is 13.0. The number of benzene rings is 1. The zero-order chi connectivity index (χ0) is 12.4. The first-order chi connectivity index (χ1) is 8.83. The van der Waals surface area contributed by atoms with Crippen LogP contribution in [-0.2, 0) is 0 Å². The molecule has 1 fully saturated rings. The number of hydrogen-bond acceptors (Lipinski definition) is 4. The normalized spacial score (nSPS) is 13.7. The molecule has 7 N–H and O–H groups in total. The third-order valence-corrected chi connectivity index (χ3v) is 4.17. The largest absolute Gasteiger partial charge is 0.412 e. The quantitative estimate of drug-likeness (QED) is 0.855. The first-order valence-electron chi connectivity index (χ1n) is 6.00. The summed E-state index contributed by atoms with van der Waals surface area (Å²) < 4.78 is 0. The van der Waals surface area contributed by atoms with Crippen LogP contribution in [0.5, 0.6) is 0 Å². The van der Waals surface area contributed by atoms with Crippen LogP contribution < -0.4 is 10.2 Å². The van der Waals surface area contributed by atoms with Gasteiger partial charge in [-0.3, -0.25) is 0 Å². The van der Waals surface area contributed by atoms with Crippen molar-refractivity contribution < 1.29 is 16.4 Å². The molecule has 1 aromatic heterocycles. The van der Waals surface area contributed by atoms with Crippen molar-refractivity contribution in [3.63, 3.8) is 0 Å². The third-order valence-electron chi connectivity index (χ3n) is 3.02. The highest BCUT2D eigenvalue weighted by atomic mass is 35.5. The standard InChI is InChI=1S/C13H14ClN3S.3H2O/c14-11-3-1-10(2-4-11)12-9-18-13(16-12)17-7-5-15-6-8-17;;;/h1-4,9,15H,5-8H2;3*1H2. The van der Waals surface area contributed by atoms with Crippen molar-refractivity contribution in [2.24, 2.45) is 0 Å². The molecule has 2 aromatic rings. The lowest BCUT2D eigenvalue weighted by molar-refractivity contribution is 0.588. The number of nitrogens with zero attached hydrogens (tertiary/aromatic N) is 2. The maximum absolute atomic E-state index is 5.89. The molecule has 0 unspecified atom stereocenters. The minimum atomic E-state index is 0. The molecule has 0 spiro atoms. The van der Waals surface area contributed by atoms with Crippen molar-refractivity contribution in [1.82, 2.24) is 10.3 Å². The first kappa shape index (κ1) is 19.8. The lowest BCUT2D eigenvalue weighted by Gasteiger charge is -2.26. The Morgan fingerprint density at radius 1 is 1.05 bits per heavy atom. The van der Waals surface area contributed by atoms with Crippen molar-refractivity contribution in [2.75, 3.05) is 31.1 Å². The van der Waals surface area contributed by atoms with E-state index in [1.165, 1.54) is 0 Å². The Bertz CT molecular complexity index is 530. The number of rotatable bonds is 2. The molecule has 1 aliphatic rings. The smallest absolute Gasteiger partial charge is 0.185 e. The Morgan fingerprint density at radius 2 is 1.67 bits per heavy atom. The lowest BCUT2D eigenvalue weighted by atomic mass is 10.2. The van der Waals surface area contributed by atoms with Gasteiger partial charge in [-0.25, -0.2) is 4.98 Å². The number of halogens is 1. The lowest BCUT2D eigenvalue weighted by Crippen LogP contribution is -2.43. The van der Waals surface area contributed by atoms with Crippen molar-refractivity contribution >= 4 is 28.1 Å². The number of aromatic nitrogens is 1. The molecule has 0 saturated carbocycles. The predicted molar refractivity (Wildman–Crippen MR) is 88.5 cm³/mol. The summed E-state index contributed by atoms with van der Waals surface area (Å²) in [5.74, 6) is 0. The van der Waals surface area contributed by atoms with E-state index in [0.29, 0.717) is 0 Å². The fourth-order valence-corrected chi connectivity index (χ4v) is 3.03. The van der Waals surface area contributed by atoms with Crippen LogP contribution in [0.2, 0.25) is 5.02 Å². The summed E-state index contributed by atoms with van der Waals surface area (Å²) in [4.78, 5) is 7.04. The van der Waals surface area contributed by atoms with Crippen LogP contribution in [0.3, 0.4) is 0 Å². The second-order valence-electron chi connectivity index (χ2n) is 4.26. The molecule has 0 atom stereocenters. The molecule has 0 bridgehead atoms. The van der Waals surface area contributed by atoms with E-state index >= 15 is 0 Å². The third kappa shape index (κ3) is 4.63. The van der Waals surface area contributed by atoms with Gasteiger partial charge < -0.3 is 26.6 Å². The van der Waals surface area contributed by atoms with Crippen LogP contribution in [0, 0.1) is 0 Å². The topological polar surface area (TPSA) is 123 Å². The van der Waals surface area contributed by atoms with Crippen LogP contribution >= 0.6 is 22.9 Å². The van der Waals surface area contributed by atoms with E-state index in [4.69, 9.17) is 16.6 Å². The first-order valence-corrected chi connectivity index (χ1v) is 7.26. The van der Waals surface area contributed by atoms with E-state index in [9.17, 15) is 0 Å². The van der Waals surface area contributed by atoms with Gasteiger partial charge in [0.15, 0.2) is 5.13 Å². The molecule has 6 nitrogen and oxygen atoms in total. The number of anilines is 1. The summed E-state index contributed by atoms with van der Waals surface area (Å²) >= 11 is 7.60. The second-order valence-corrected chi connectivity index (χ2v) is 5.53. The second kappa shape index (κ2) is 8.93. The van der Waals surface area contributed by atoms with Gasteiger partial charge in [-0.1, -0.05) is 23.7 Å². The van der Waals surface area contributed by atoms with Gasteiger partial charge in [-0.05, 0) is 12.1 Å². The summed E-state index contributed by atoms with van der Waals surface area (Å²) in [6, 6.07) is 7.83. The van der Waals surface area contributed by atoms with Crippen LogP contribution in [0.4, 0.5) is 5.13 Å². The van der Waals surface area contributed by atoms with E-state index in [1.54, 1.807) is 11.3 Å². The van der Waals surface area contributed by atoms with Gasteiger partial charge in [0.05, 0.1) is 5.69 Å². The fraction of sp³-hybridized carbons (Fsp3) is 0.308. The Hall–Kier alpha value is -1.22. The van der Waals surface area contributed by atoms with Gasteiger partial charge in [0.1, 0.15) is 0 Å². The van der Waals surface area contributed by atoms with E-state index in [1.807, 2.05) is 24.3 Å². The highest BCUT2D eigenvalue weighted by Crippen LogP contribution is 2.28. The van der Waals surface area contributed by atoms with Gasteiger partial charge in [0, 0.05) is 42.1 Å². The van der Waals surface area contributed by atoms with Crippen molar-refractivity contribution in [1.29, 1.82) is 0 Å². The summed E-state index contributed by atoms with van der Waals surface area (Å²) in [5.41, 5.74) is 2.15. The molecule has 8 heteroatoms. The van der Waals surface area contributed by atoms with E-state index < -0.39 is 0 Å². The highest BCUT2D eigenvalue weighted by Gasteiger charge is 2.14. The van der Waals surface area contributed by atoms with Gasteiger partial charge in [-0.15, -0.1) is 11.3 Å². The van der Waals surface area contributed by atoms with Gasteiger partial charge >= 0.3 is 0 Å². The average molecular weight is 334 g/mol. The Kier molecular flexibility index (Phi) is 8.41. The summed E-state index contributed by atoms with van der Waals surface area (Å²) in [6.45, 7) is 4.15. The summed E-state index contributed by atoms with van der Waals surface area (Å²) in [6.07, 6.45) is 0. The van der Waals surface area contributed by atoms with Gasteiger partial charge in [-0.2, -0.15) is 0 Å². The van der Waals surface area contributed by atoms with E-state index in [0.717, 1.165) is 47.6 Å². The molecular weight excluding hydrogens is 314 g/mol. The van der Waals surface area contributed by atoms with Crippen LogP contribution in [-0.4, -0.2) is 47.6 Å². The molecule has 2 heterocycles. The maximum Gasteiger partial charge on any atom is 0.185 e. The predicted octanol–water partition coefficient (Wildman–Crippen LogP) is 0.399. The molecule has 0 aliphatic carbocycles. The molecule has 1 saturated heterocycles. The number of nitrogens with one attached hydrogen (secondary N) is 1. The summed E-state index contributed by atoms with van der Waals surface area (Å²) in [5, 5.41) is 7.33. The molecular formula is C13H20ClN3O3S. The molecule has 3 rings (SSSR count). The van der Waals surface area contributed by atoms with E-state index in [2.05, 4.69) is 15.6 Å². The van der Waals surface area contributed by atoms with Crippen LogP contribution in [0.25, 0.3) is 11.3 Å². The van der Waals surface area contributed by atoms with Crippen LogP contribution in [0.1, 0.15) is 0 Å². The van der Waals surface area contributed by atoms with Crippen molar-refractivity contribution in [3.8, 4) is 11.3 Å². The minimum absolute atomic E-state index is 0. The fourth-order valence-electron chi connectivity index (χ4n) is 2.02. The number of thiazole rings is 1. The average Bonchev–Trinajstić information content (AvgIpc) is 2.90. The summed E-state index contributed by atoms with van der Waals surface area (Å²) in [7, 11) is 0. The molecule has 118 valence electrons. The van der Waals surface area contributed by atoms with E-state index in [-0.39, 0.29) is 16.4 Å². The molecule has 0 radical (unpaired) electrons. The van der Waals surface area contributed by atoms with Crippen LogP contribution in [0.15, 0.2) is 29.6 Å². The Balaban J connectivity index is 0.00000133. The monoisotopic (exact) mass is 333 g/mol. The maximum atomic E-state index is 5.89. The number of piperazine rings is 1. The van der Waals surface area contributed by atoms with Crippen molar-refractivity contribution in [2.45, 2.75) is 0 Å². The number of hydrogen-bond donors (Lipinski definition) is 1. The van der Waals surface area contributed by atoms with Gasteiger partial charge in [0.25, 0.3) is 0 Å². The van der Waals surface area contributed by atoms with Crippen molar-refractivity contribution in [3.05, 3.63) is 34.7 Å². The Labute approximate surface area is 132 Å². The SMILES string of the molecule is Clc1ccc(-c2csc(N3CCNCC3)n2)cc1.O.O.O. The molecule has 1 aromatic carbocycles. The van der Waals surface area contributed by atoms with Gasteiger partial charge in [0.2, 0.25) is 0 Å². The molecule has 0 amide bonds. The highest BCUT2D eigenvalue weighted by molar-refractivity contribution is 7.14. The minimum Gasteiger partial charge on any atom is -0.412 e. The molecule has 1 aliphatic heterocycles. The Morgan fingerprint density at radius 3 is 2.29 bits per heavy atom. The molecule has 21 heavy (non-hydrogen) atoms. The zero-order valence-electron chi connectivity index (χ0n) is 11.4.